The molecule has 6 rings (SSSR count). The molecule has 0 saturated heterocycles. The fourth-order valence-corrected chi connectivity index (χ4v) is 6.97. The Morgan fingerprint density at radius 3 is 2.72 bits per heavy atom. The van der Waals surface area contributed by atoms with Crippen LogP contribution in [0, 0.1) is 6.92 Å². The number of amides is 1. The second kappa shape index (κ2) is 10.4. The van der Waals surface area contributed by atoms with Gasteiger partial charge in [0.2, 0.25) is 11.8 Å². The first-order chi connectivity index (χ1) is 18.9. The molecule has 39 heavy (non-hydrogen) atoms. The lowest BCUT2D eigenvalue weighted by atomic mass is 9.64. The lowest BCUT2D eigenvalue weighted by molar-refractivity contribution is -0.125. The minimum Gasteiger partial charge on any atom is -0.476 e. The minimum atomic E-state index is -0.400. The predicted molar refractivity (Wildman–Crippen MR) is 159 cm³/mol. The zero-order valence-electron chi connectivity index (χ0n) is 22.7. The molecule has 1 spiro atoms. The van der Waals surface area contributed by atoms with E-state index in [4.69, 9.17) is 14.7 Å². The number of carbonyl (C=O) groups excluding carboxylic acids is 1. The van der Waals surface area contributed by atoms with Crippen LogP contribution in [0.2, 0.25) is 0 Å². The number of aromatic nitrogens is 3. The van der Waals surface area contributed by atoms with Gasteiger partial charge in [-0.2, -0.15) is 4.37 Å². The van der Waals surface area contributed by atoms with Crippen LogP contribution in [0.3, 0.4) is 0 Å². The standard InChI is InChI=1S/C29H32N6O2S2/c1-18-13-25(38-32-18)39-33-23-15-20(16-31-27(23)37-12-6-11-34(2)3)19-7-8-22-21(14-19)26-24(17-30-22)35(4)28(36)29(26)9-5-10-29/h7-8,13-17,33H,5-6,9-12H2,1-4H3. The van der Waals surface area contributed by atoms with Crippen molar-refractivity contribution >= 4 is 51.7 Å². The van der Waals surface area contributed by atoms with Crippen molar-refractivity contribution in [3.8, 4) is 17.0 Å². The summed E-state index contributed by atoms with van der Waals surface area (Å²) in [6.07, 6.45) is 7.50. The van der Waals surface area contributed by atoms with Crippen molar-refractivity contribution in [2.45, 2.75) is 42.2 Å². The van der Waals surface area contributed by atoms with Gasteiger partial charge in [-0.05, 0) is 93.6 Å². The van der Waals surface area contributed by atoms with E-state index in [1.165, 1.54) is 23.5 Å². The Bertz CT molecular complexity index is 1550. The number of hydrogen-bond donors (Lipinski definition) is 1. The lowest BCUT2D eigenvalue weighted by Crippen LogP contribution is -2.43. The van der Waals surface area contributed by atoms with Crippen molar-refractivity contribution < 1.29 is 9.53 Å². The van der Waals surface area contributed by atoms with Crippen molar-refractivity contribution in [3.63, 3.8) is 0 Å². The lowest BCUT2D eigenvalue weighted by Gasteiger charge is -2.37. The molecule has 4 heterocycles. The summed E-state index contributed by atoms with van der Waals surface area (Å²) in [6.45, 7) is 3.53. The highest BCUT2D eigenvalue weighted by atomic mass is 32.2. The molecular weight excluding hydrogens is 528 g/mol. The Balaban J connectivity index is 1.35. The molecule has 10 heteroatoms. The number of carbonyl (C=O) groups is 1. The van der Waals surface area contributed by atoms with Crippen LogP contribution in [0.4, 0.5) is 11.4 Å². The molecule has 1 aliphatic heterocycles. The third-order valence-corrected chi connectivity index (χ3v) is 9.44. The molecule has 202 valence electrons. The predicted octanol–water partition coefficient (Wildman–Crippen LogP) is 5.91. The highest BCUT2D eigenvalue weighted by Crippen LogP contribution is 2.55. The molecule has 1 N–H and O–H groups in total. The van der Waals surface area contributed by atoms with Crippen molar-refractivity contribution in [1.82, 2.24) is 19.2 Å². The number of hydrogen-bond acceptors (Lipinski definition) is 9. The molecule has 1 saturated carbocycles. The number of pyridine rings is 2. The number of rotatable bonds is 9. The van der Waals surface area contributed by atoms with Crippen LogP contribution in [0.1, 0.15) is 36.9 Å². The van der Waals surface area contributed by atoms with E-state index in [2.05, 4.69) is 52.4 Å². The molecule has 4 aromatic rings. The number of benzene rings is 1. The zero-order chi connectivity index (χ0) is 27.1. The van der Waals surface area contributed by atoms with Crippen molar-refractivity contribution in [2.24, 2.45) is 0 Å². The van der Waals surface area contributed by atoms with Gasteiger partial charge in [-0.25, -0.2) is 4.98 Å². The van der Waals surface area contributed by atoms with Crippen LogP contribution < -0.4 is 14.4 Å². The number of likely N-dealkylation sites (N-methyl/N-ethyl adjacent to an activating group) is 1. The highest BCUT2D eigenvalue weighted by Gasteiger charge is 2.54. The number of aryl methyl sites for hydroxylation is 1. The van der Waals surface area contributed by atoms with E-state index in [-0.39, 0.29) is 5.91 Å². The molecule has 1 fully saturated rings. The van der Waals surface area contributed by atoms with Crippen LogP contribution in [0.25, 0.3) is 22.0 Å². The SMILES string of the molecule is Cc1cc(SNc2cc(-c3ccc4ncc5c(c4c3)C3(CCC3)C(=O)N5C)cnc2OCCCN(C)C)sn1. The molecular formula is C29H32N6O2S2. The van der Waals surface area contributed by atoms with Crippen LogP contribution in [-0.4, -0.2) is 59.4 Å². The van der Waals surface area contributed by atoms with Gasteiger partial charge in [0, 0.05) is 36.3 Å². The topological polar surface area (TPSA) is 83.5 Å². The fraction of sp³-hybridized carbons (Fsp3) is 0.379. The number of anilines is 2. The molecule has 0 unspecified atom stereocenters. The Labute approximate surface area is 237 Å². The molecule has 1 aliphatic carbocycles. The summed E-state index contributed by atoms with van der Waals surface area (Å²) in [7, 11) is 5.98. The molecule has 1 amide bonds. The summed E-state index contributed by atoms with van der Waals surface area (Å²) in [5.41, 5.74) is 6.40. The Morgan fingerprint density at radius 2 is 2.00 bits per heavy atom. The Hall–Kier alpha value is -3.21. The van der Waals surface area contributed by atoms with Gasteiger partial charge in [0.25, 0.3) is 0 Å². The van der Waals surface area contributed by atoms with E-state index in [1.54, 1.807) is 4.90 Å². The normalized spacial score (nSPS) is 15.7. The third kappa shape index (κ3) is 4.74. The largest absolute Gasteiger partial charge is 0.476 e. The third-order valence-electron chi connectivity index (χ3n) is 7.65. The quantitative estimate of drug-likeness (QED) is 0.200. The minimum absolute atomic E-state index is 0.197. The van der Waals surface area contributed by atoms with Gasteiger partial charge >= 0.3 is 0 Å². The zero-order valence-corrected chi connectivity index (χ0v) is 24.3. The van der Waals surface area contributed by atoms with Crippen LogP contribution in [0.15, 0.2) is 46.9 Å². The molecule has 1 aromatic carbocycles. The maximum atomic E-state index is 13.2. The maximum absolute atomic E-state index is 13.2. The van der Waals surface area contributed by atoms with Crippen LogP contribution in [0.5, 0.6) is 5.88 Å². The maximum Gasteiger partial charge on any atom is 0.238 e. The van der Waals surface area contributed by atoms with Crippen LogP contribution in [-0.2, 0) is 10.2 Å². The summed E-state index contributed by atoms with van der Waals surface area (Å²) in [5, 5.41) is 1.05. The van der Waals surface area contributed by atoms with E-state index in [1.807, 2.05) is 32.4 Å². The van der Waals surface area contributed by atoms with Gasteiger partial charge in [-0.3, -0.25) is 9.78 Å². The van der Waals surface area contributed by atoms with E-state index < -0.39 is 5.41 Å². The van der Waals surface area contributed by atoms with Crippen molar-refractivity contribution in [1.29, 1.82) is 0 Å². The Kier molecular flexibility index (Phi) is 6.95. The fourth-order valence-electron chi connectivity index (χ4n) is 5.49. The number of nitrogens with zero attached hydrogens (tertiary/aromatic N) is 5. The first-order valence-corrected chi connectivity index (χ1v) is 14.8. The summed E-state index contributed by atoms with van der Waals surface area (Å²) in [5.74, 6) is 0.776. The molecule has 0 bridgehead atoms. The Morgan fingerprint density at radius 1 is 1.15 bits per heavy atom. The number of fused-ring (bicyclic) bond motifs is 4. The molecule has 3 aromatic heterocycles. The summed E-state index contributed by atoms with van der Waals surface area (Å²) >= 11 is 2.98. The van der Waals surface area contributed by atoms with E-state index in [9.17, 15) is 4.79 Å². The van der Waals surface area contributed by atoms with Gasteiger partial charge in [-0.15, -0.1) is 0 Å². The van der Waals surface area contributed by atoms with Gasteiger partial charge in [0.05, 0.1) is 35.1 Å². The number of nitrogens with one attached hydrogen (secondary N) is 1. The summed E-state index contributed by atoms with van der Waals surface area (Å²) in [4.78, 5) is 26.6. The van der Waals surface area contributed by atoms with E-state index >= 15 is 0 Å². The van der Waals surface area contributed by atoms with Gasteiger partial charge in [0.15, 0.2) is 0 Å². The van der Waals surface area contributed by atoms with Gasteiger partial charge < -0.3 is 19.3 Å². The van der Waals surface area contributed by atoms with Gasteiger partial charge in [-0.1, -0.05) is 12.5 Å². The van der Waals surface area contributed by atoms with Gasteiger partial charge in [0.1, 0.15) is 9.90 Å². The molecule has 0 radical (unpaired) electrons. The molecule has 2 aliphatic rings. The van der Waals surface area contributed by atoms with Crippen molar-refractivity contribution in [3.05, 3.63) is 54.0 Å². The first kappa shape index (κ1) is 26.0. The highest BCUT2D eigenvalue weighted by molar-refractivity contribution is 8.02. The summed E-state index contributed by atoms with van der Waals surface area (Å²) in [6, 6.07) is 10.4. The van der Waals surface area contributed by atoms with E-state index in [0.29, 0.717) is 12.5 Å². The number of ether oxygens (including phenoxy) is 1. The monoisotopic (exact) mass is 560 g/mol. The van der Waals surface area contributed by atoms with Crippen LogP contribution >= 0.6 is 23.5 Å². The average molecular weight is 561 g/mol. The van der Waals surface area contributed by atoms with Crippen molar-refractivity contribution in [2.75, 3.05) is 43.9 Å². The molecule has 8 nitrogen and oxygen atoms in total. The summed E-state index contributed by atoms with van der Waals surface area (Å²) < 4.78 is 15.0. The second-order valence-corrected chi connectivity index (χ2v) is 12.5. The average Bonchev–Trinajstić information content (AvgIpc) is 3.43. The second-order valence-electron chi connectivity index (χ2n) is 10.6. The van der Waals surface area contributed by atoms with E-state index in [0.717, 1.165) is 81.1 Å². The smallest absolute Gasteiger partial charge is 0.238 e. The molecule has 0 atom stereocenters. The first-order valence-electron chi connectivity index (χ1n) is 13.2.